The van der Waals surface area contributed by atoms with Crippen LogP contribution in [0.5, 0.6) is 5.75 Å². The molecule has 18 heavy (non-hydrogen) atoms. The van der Waals surface area contributed by atoms with Gasteiger partial charge in [0.25, 0.3) is 0 Å². The molecule has 1 fully saturated rings. The first-order chi connectivity index (χ1) is 8.65. The molecule has 0 heterocycles. The SMILES string of the molecule is CCN(C(=O)Nc1cc(OC)ccc1F)C1CC1. The maximum atomic E-state index is 13.6. The lowest BCUT2D eigenvalue weighted by Crippen LogP contribution is -2.36. The summed E-state index contributed by atoms with van der Waals surface area (Å²) in [5, 5.41) is 2.59. The molecule has 1 N–H and O–H groups in total. The Morgan fingerprint density at radius 1 is 1.56 bits per heavy atom. The highest BCUT2D eigenvalue weighted by Gasteiger charge is 2.31. The van der Waals surface area contributed by atoms with Gasteiger partial charge in [0.2, 0.25) is 0 Å². The summed E-state index contributed by atoms with van der Waals surface area (Å²) in [7, 11) is 1.50. The fourth-order valence-corrected chi connectivity index (χ4v) is 1.87. The number of amides is 2. The second-order valence-corrected chi connectivity index (χ2v) is 4.29. The molecule has 2 amide bonds. The van der Waals surface area contributed by atoms with Gasteiger partial charge < -0.3 is 15.0 Å². The summed E-state index contributed by atoms with van der Waals surface area (Å²) < 4.78 is 18.6. The minimum atomic E-state index is -0.462. The smallest absolute Gasteiger partial charge is 0.322 e. The van der Waals surface area contributed by atoms with Crippen LogP contribution in [0.1, 0.15) is 19.8 Å². The second kappa shape index (κ2) is 5.25. The summed E-state index contributed by atoms with van der Waals surface area (Å²) >= 11 is 0. The first-order valence-corrected chi connectivity index (χ1v) is 6.07. The molecule has 1 saturated carbocycles. The van der Waals surface area contributed by atoms with Gasteiger partial charge in [0.15, 0.2) is 0 Å². The second-order valence-electron chi connectivity index (χ2n) is 4.29. The Balaban J connectivity index is 2.10. The fraction of sp³-hybridized carbons (Fsp3) is 0.462. The highest BCUT2D eigenvalue weighted by molar-refractivity contribution is 5.90. The van der Waals surface area contributed by atoms with E-state index >= 15 is 0 Å². The number of rotatable bonds is 4. The summed E-state index contributed by atoms with van der Waals surface area (Å²) in [5.74, 6) is 0.0529. The largest absolute Gasteiger partial charge is 0.497 e. The molecule has 2 rings (SSSR count). The molecular formula is C13H17FN2O2. The van der Waals surface area contributed by atoms with Crippen molar-refractivity contribution in [2.45, 2.75) is 25.8 Å². The number of halogens is 1. The zero-order chi connectivity index (χ0) is 13.1. The third-order valence-electron chi connectivity index (χ3n) is 3.00. The van der Waals surface area contributed by atoms with Crippen LogP contribution in [0.4, 0.5) is 14.9 Å². The molecule has 0 unspecified atom stereocenters. The van der Waals surface area contributed by atoms with Crippen molar-refractivity contribution in [3.05, 3.63) is 24.0 Å². The van der Waals surface area contributed by atoms with E-state index in [9.17, 15) is 9.18 Å². The number of hydrogen-bond acceptors (Lipinski definition) is 2. The zero-order valence-electron chi connectivity index (χ0n) is 10.6. The Morgan fingerprint density at radius 2 is 2.28 bits per heavy atom. The molecule has 0 bridgehead atoms. The number of methoxy groups -OCH3 is 1. The fourth-order valence-electron chi connectivity index (χ4n) is 1.87. The van der Waals surface area contributed by atoms with Gasteiger partial charge in [-0.05, 0) is 31.9 Å². The van der Waals surface area contributed by atoms with Crippen LogP contribution in [0, 0.1) is 5.82 Å². The number of anilines is 1. The van der Waals surface area contributed by atoms with Gasteiger partial charge >= 0.3 is 6.03 Å². The van der Waals surface area contributed by atoms with Gasteiger partial charge in [-0.15, -0.1) is 0 Å². The zero-order valence-corrected chi connectivity index (χ0v) is 10.6. The van der Waals surface area contributed by atoms with Crippen molar-refractivity contribution in [1.29, 1.82) is 0 Å². The van der Waals surface area contributed by atoms with E-state index in [-0.39, 0.29) is 11.7 Å². The van der Waals surface area contributed by atoms with Crippen LogP contribution < -0.4 is 10.1 Å². The van der Waals surface area contributed by atoms with Crippen LogP contribution in [0.3, 0.4) is 0 Å². The average molecular weight is 252 g/mol. The molecule has 5 heteroatoms. The van der Waals surface area contributed by atoms with Crippen molar-refractivity contribution in [2.75, 3.05) is 19.0 Å². The Hall–Kier alpha value is -1.78. The number of nitrogens with zero attached hydrogens (tertiary/aromatic N) is 1. The summed E-state index contributed by atoms with van der Waals surface area (Å²) in [5.41, 5.74) is 0.151. The molecule has 1 aromatic rings. The first kappa shape index (κ1) is 12.7. The van der Waals surface area contributed by atoms with E-state index in [1.807, 2.05) is 6.92 Å². The molecule has 0 radical (unpaired) electrons. The number of carbonyl (C=O) groups is 1. The third-order valence-corrected chi connectivity index (χ3v) is 3.00. The van der Waals surface area contributed by atoms with Crippen LogP contribution in [0.25, 0.3) is 0 Å². The van der Waals surface area contributed by atoms with Gasteiger partial charge in [-0.25, -0.2) is 9.18 Å². The standard InChI is InChI=1S/C13H17FN2O2/c1-3-16(9-4-5-9)13(17)15-12-8-10(18-2)6-7-11(12)14/h6-9H,3-5H2,1-2H3,(H,15,17). The average Bonchev–Trinajstić information content (AvgIpc) is 3.17. The van der Waals surface area contributed by atoms with Crippen molar-refractivity contribution >= 4 is 11.7 Å². The molecule has 0 atom stereocenters. The van der Waals surface area contributed by atoms with Crippen molar-refractivity contribution in [3.63, 3.8) is 0 Å². The van der Waals surface area contributed by atoms with Crippen LogP contribution in [0.2, 0.25) is 0 Å². The number of hydrogen-bond donors (Lipinski definition) is 1. The summed E-state index contributed by atoms with van der Waals surface area (Å²) in [6.07, 6.45) is 2.06. The maximum Gasteiger partial charge on any atom is 0.322 e. The Morgan fingerprint density at radius 3 is 2.83 bits per heavy atom. The monoisotopic (exact) mass is 252 g/mol. The lowest BCUT2D eigenvalue weighted by Gasteiger charge is -2.21. The summed E-state index contributed by atoms with van der Waals surface area (Å²) in [6, 6.07) is 4.33. The predicted molar refractivity (Wildman–Crippen MR) is 67.4 cm³/mol. The third kappa shape index (κ3) is 2.72. The number of nitrogens with one attached hydrogen (secondary N) is 1. The van der Waals surface area contributed by atoms with Crippen molar-refractivity contribution < 1.29 is 13.9 Å². The highest BCUT2D eigenvalue weighted by atomic mass is 19.1. The minimum Gasteiger partial charge on any atom is -0.497 e. The molecule has 0 aliphatic heterocycles. The van der Waals surface area contributed by atoms with E-state index in [0.717, 1.165) is 12.8 Å². The van der Waals surface area contributed by atoms with Crippen molar-refractivity contribution in [3.8, 4) is 5.75 Å². The minimum absolute atomic E-state index is 0.151. The highest BCUT2D eigenvalue weighted by Crippen LogP contribution is 2.28. The van der Waals surface area contributed by atoms with E-state index in [1.54, 1.807) is 4.90 Å². The first-order valence-electron chi connectivity index (χ1n) is 6.07. The van der Waals surface area contributed by atoms with E-state index in [4.69, 9.17) is 4.74 Å². The molecule has 0 spiro atoms. The van der Waals surface area contributed by atoms with Crippen LogP contribution >= 0.6 is 0 Å². The predicted octanol–water partition coefficient (Wildman–Crippen LogP) is 2.85. The molecule has 0 aromatic heterocycles. The van der Waals surface area contributed by atoms with Crippen molar-refractivity contribution in [1.82, 2.24) is 4.90 Å². The molecule has 98 valence electrons. The van der Waals surface area contributed by atoms with Gasteiger partial charge in [-0.3, -0.25) is 0 Å². The normalized spacial score (nSPS) is 14.2. The van der Waals surface area contributed by atoms with Crippen LogP contribution in [0.15, 0.2) is 18.2 Å². The number of benzene rings is 1. The summed E-state index contributed by atoms with van der Waals surface area (Å²) in [6.45, 7) is 2.54. The molecular weight excluding hydrogens is 235 g/mol. The Bertz CT molecular complexity index is 447. The molecule has 1 aromatic carbocycles. The van der Waals surface area contributed by atoms with Gasteiger partial charge in [0.05, 0.1) is 12.8 Å². The Kier molecular flexibility index (Phi) is 3.69. The Labute approximate surface area is 106 Å². The lowest BCUT2D eigenvalue weighted by atomic mass is 10.3. The van der Waals surface area contributed by atoms with Crippen LogP contribution in [-0.4, -0.2) is 30.6 Å². The molecule has 1 aliphatic rings. The van der Waals surface area contributed by atoms with Gasteiger partial charge in [-0.1, -0.05) is 0 Å². The quantitative estimate of drug-likeness (QED) is 0.895. The van der Waals surface area contributed by atoms with E-state index in [0.29, 0.717) is 18.3 Å². The van der Waals surface area contributed by atoms with E-state index in [2.05, 4.69) is 5.32 Å². The lowest BCUT2D eigenvalue weighted by molar-refractivity contribution is 0.212. The number of carbonyl (C=O) groups excluding carboxylic acids is 1. The van der Waals surface area contributed by atoms with Crippen molar-refractivity contribution in [2.24, 2.45) is 0 Å². The molecule has 0 saturated heterocycles. The van der Waals surface area contributed by atoms with Gasteiger partial charge in [0, 0.05) is 18.7 Å². The molecule has 1 aliphatic carbocycles. The van der Waals surface area contributed by atoms with E-state index < -0.39 is 5.82 Å². The van der Waals surface area contributed by atoms with Crippen LogP contribution in [-0.2, 0) is 0 Å². The van der Waals surface area contributed by atoms with E-state index in [1.165, 1.54) is 25.3 Å². The maximum absolute atomic E-state index is 13.6. The van der Waals surface area contributed by atoms with Gasteiger partial charge in [0.1, 0.15) is 11.6 Å². The topological polar surface area (TPSA) is 41.6 Å². The number of ether oxygens (including phenoxy) is 1. The summed E-state index contributed by atoms with van der Waals surface area (Å²) in [4.78, 5) is 13.7. The van der Waals surface area contributed by atoms with Gasteiger partial charge in [-0.2, -0.15) is 0 Å². The number of urea groups is 1. The molecule has 4 nitrogen and oxygen atoms in total.